The topological polar surface area (TPSA) is 75.5 Å². The first-order chi connectivity index (χ1) is 11.0. The number of terminal acetylenes is 1. The van der Waals surface area contributed by atoms with Gasteiger partial charge in [-0.1, -0.05) is 36.3 Å². The number of carbonyl (C=O) groups excluding carboxylic acids is 1. The van der Waals surface area contributed by atoms with Gasteiger partial charge in [0.1, 0.15) is 0 Å². The first-order valence-electron chi connectivity index (χ1n) is 6.87. The molecule has 6 heteroatoms. The van der Waals surface area contributed by atoms with Crippen LogP contribution in [0.15, 0.2) is 48.5 Å². The molecule has 3 rings (SSSR count). The van der Waals surface area contributed by atoms with Crippen LogP contribution in [0.2, 0.25) is 0 Å². The van der Waals surface area contributed by atoms with Crippen LogP contribution in [0.4, 0.5) is 16.2 Å². The molecule has 2 aromatic carbocycles. The summed E-state index contributed by atoms with van der Waals surface area (Å²) in [6.45, 7) is 0. The van der Waals surface area contributed by atoms with E-state index in [0.717, 1.165) is 0 Å². The van der Waals surface area contributed by atoms with Gasteiger partial charge in [0.25, 0.3) is 5.69 Å². The fourth-order valence-electron chi connectivity index (χ4n) is 2.87. The molecule has 0 fully saturated rings. The van der Waals surface area contributed by atoms with Gasteiger partial charge in [-0.25, -0.2) is 4.79 Å². The smallest absolute Gasteiger partial charge is 0.307 e. The molecular formula is C17H13N3O3. The maximum Gasteiger partial charge on any atom is 0.323 e. The van der Waals surface area contributed by atoms with Gasteiger partial charge in [-0.2, -0.15) is 0 Å². The van der Waals surface area contributed by atoms with Crippen LogP contribution < -0.4 is 5.32 Å². The molecule has 1 heterocycles. The zero-order valence-electron chi connectivity index (χ0n) is 12.3. The van der Waals surface area contributed by atoms with Crippen molar-refractivity contribution < 1.29 is 9.72 Å². The van der Waals surface area contributed by atoms with Gasteiger partial charge in [0, 0.05) is 30.4 Å². The van der Waals surface area contributed by atoms with Gasteiger partial charge in [-0.15, -0.1) is 6.42 Å². The highest BCUT2D eigenvalue weighted by Crippen LogP contribution is 2.43. The van der Waals surface area contributed by atoms with Crippen molar-refractivity contribution in [1.29, 1.82) is 0 Å². The number of nitro benzene ring substituents is 1. The molecule has 0 saturated carbocycles. The van der Waals surface area contributed by atoms with Crippen LogP contribution in [0.5, 0.6) is 0 Å². The molecule has 6 nitrogen and oxygen atoms in total. The highest BCUT2D eigenvalue weighted by molar-refractivity contribution is 5.95. The molecule has 0 aromatic heterocycles. The molecule has 1 aliphatic rings. The molecule has 0 radical (unpaired) electrons. The van der Waals surface area contributed by atoms with E-state index in [2.05, 4.69) is 11.2 Å². The molecule has 1 unspecified atom stereocenters. The number of urea groups is 1. The zero-order valence-corrected chi connectivity index (χ0v) is 12.3. The molecule has 0 aliphatic carbocycles. The zero-order chi connectivity index (χ0) is 16.6. The number of nitrogens with zero attached hydrogens (tertiary/aromatic N) is 2. The highest BCUT2D eigenvalue weighted by Gasteiger charge is 2.45. The number of hydrogen-bond acceptors (Lipinski definition) is 3. The Kier molecular flexibility index (Phi) is 3.26. The summed E-state index contributed by atoms with van der Waals surface area (Å²) in [5.41, 5.74) is 0.388. The third kappa shape index (κ3) is 2.02. The fraction of sp³-hybridized carbons (Fsp3) is 0.118. The highest BCUT2D eigenvalue weighted by atomic mass is 16.6. The number of hydrogen-bond donors (Lipinski definition) is 1. The molecule has 114 valence electrons. The van der Waals surface area contributed by atoms with E-state index in [-0.39, 0.29) is 11.7 Å². The van der Waals surface area contributed by atoms with Crippen molar-refractivity contribution in [3.63, 3.8) is 0 Å². The minimum absolute atomic E-state index is 0.0798. The second-order valence-corrected chi connectivity index (χ2v) is 5.20. The Morgan fingerprint density at radius 1 is 1.26 bits per heavy atom. The van der Waals surface area contributed by atoms with Gasteiger partial charge < -0.3 is 10.2 Å². The summed E-state index contributed by atoms with van der Waals surface area (Å²) in [5, 5.41) is 13.8. The van der Waals surface area contributed by atoms with Crippen molar-refractivity contribution in [2.45, 2.75) is 5.54 Å². The monoisotopic (exact) mass is 307 g/mol. The quantitative estimate of drug-likeness (QED) is 0.526. The maximum atomic E-state index is 12.3. The lowest BCUT2D eigenvalue weighted by atomic mass is 9.80. The summed E-state index contributed by atoms with van der Waals surface area (Å²) in [7, 11) is 1.57. The Labute approximate surface area is 132 Å². The van der Waals surface area contributed by atoms with Crippen molar-refractivity contribution >= 4 is 17.4 Å². The van der Waals surface area contributed by atoms with E-state index in [1.165, 1.54) is 23.1 Å². The lowest BCUT2D eigenvalue weighted by Crippen LogP contribution is -2.52. The third-order valence-corrected chi connectivity index (χ3v) is 4.05. The summed E-state index contributed by atoms with van der Waals surface area (Å²) in [4.78, 5) is 24.3. The van der Waals surface area contributed by atoms with Crippen molar-refractivity contribution in [2.75, 3.05) is 12.4 Å². The second-order valence-electron chi connectivity index (χ2n) is 5.20. The number of benzene rings is 2. The van der Waals surface area contributed by atoms with E-state index in [9.17, 15) is 14.9 Å². The van der Waals surface area contributed by atoms with Crippen LogP contribution in [-0.2, 0) is 5.54 Å². The van der Waals surface area contributed by atoms with E-state index in [0.29, 0.717) is 16.8 Å². The van der Waals surface area contributed by atoms with Gasteiger partial charge in [0.2, 0.25) is 0 Å². The molecule has 0 spiro atoms. The van der Waals surface area contributed by atoms with Gasteiger partial charge in [-0.3, -0.25) is 10.1 Å². The van der Waals surface area contributed by atoms with Crippen molar-refractivity contribution in [2.24, 2.45) is 0 Å². The number of carbonyl (C=O) groups is 1. The van der Waals surface area contributed by atoms with Gasteiger partial charge in [0.05, 0.1) is 4.92 Å². The van der Waals surface area contributed by atoms with E-state index >= 15 is 0 Å². The van der Waals surface area contributed by atoms with Crippen LogP contribution in [0.3, 0.4) is 0 Å². The van der Waals surface area contributed by atoms with Gasteiger partial charge in [-0.05, 0) is 11.6 Å². The summed E-state index contributed by atoms with van der Waals surface area (Å²) in [5.74, 6) is 2.68. The van der Waals surface area contributed by atoms with Gasteiger partial charge in [0.15, 0.2) is 5.54 Å². The Balaban J connectivity index is 2.35. The van der Waals surface area contributed by atoms with Crippen molar-refractivity contribution in [3.05, 3.63) is 69.8 Å². The summed E-state index contributed by atoms with van der Waals surface area (Å²) in [6.07, 6.45) is 5.82. The first-order valence-corrected chi connectivity index (χ1v) is 6.87. The number of nitrogens with one attached hydrogen (secondary N) is 1. The summed E-state index contributed by atoms with van der Waals surface area (Å²) in [6, 6.07) is 13.0. The number of anilines is 1. The molecular weight excluding hydrogens is 294 g/mol. The predicted molar refractivity (Wildman–Crippen MR) is 85.9 cm³/mol. The average Bonchev–Trinajstić information content (AvgIpc) is 2.57. The van der Waals surface area contributed by atoms with Crippen LogP contribution in [0.25, 0.3) is 0 Å². The van der Waals surface area contributed by atoms with Crippen LogP contribution in [-0.4, -0.2) is 22.9 Å². The Morgan fingerprint density at radius 3 is 2.57 bits per heavy atom. The van der Waals surface area contributed by atoms with E-state index in [1.807, 2.05) is 18.2 Å². The number of nitro groups is 1. The molecule has 1 atom stereocenters. The number of non-ortho nitro benzene ring substituents is 1. The SMILES string of the molecule is C#CC1(c2ccccc2)c2cc([N+](=O)[O-])ccc2NC(=O)N1C. The van der Waals surface area contributed by atoms with Crippen LogP contribution in [0.1, 0.15) is 11.1 Å². The van der Waals surface area contributed by atoms with E-state index in [4.69, 9.17) is 6.42 Å². The second kappa shape index (κ2) is 5.14. The lowest BCUT2D eigenvalue weighted by Gasteiger charge is -2.43. The summed E-state index contributed by atoms with van der Waals surface area (Å²) >= 11 is 0. The standard InChI is InChI=1S/C17H13N3O3/c1-3-17(12-7-5-4-6-8-12)14-11-13(20(22)23)9-10-15(14)18-16(21)19(17)2/h1,4-11H,2H3,(H,18,21). The Bertz CT molecular complexity index is 842. The molecule has 2 amide bonds. The minimum atomic E-state index is -1.20. The Hall–Kier alpha value is -3.33. The van der Waals surface area contributed by atoms with Gasteiger partial charge >= 0.3 is 6.03 Å². The molecule has 0 saturated heterocycles. The Morgan fingerprint density at radius 2 is 1.96 bits per heavy atom. The molecule has 2 aromatic rings. The molecule has 23 heavy (non-hydrogen) atoms. The van der Waals surface area contributed by atoms with E-state index < -0.39 is 10.5 Å². The van der Waals surface area contributed by atoms with E-state index in [1.54, 1.807) is 19.2 Å². The number of fused-ring (bicyclic) bond motifs is 1. The fourth-order valence-corrected chi connectivity index (χ4v) is 2.87. The average molecular weight is 307 g/mol. The van der Waals surface area contributed by atoms with Crippen molar-refractivity contribution in [3.8, 4) is 12.3 Å². The number of rotatable bonds is 2. The number of amides is 2. The predicted octanol–water partition coefficient (Wildman–Crippen LogP) is 2.95. The minimum Gasteiger partial charge on any atom is -0.307 e. The van der Waals surface area contributed by atoms with Crippen molar-refractivity contribution in [1.82, 2.24) is 4.90 Å². The maximum absolute atomic E-state index is 12.3. The van der Waals surface area contributed by atoms with Crippen LogP contribution >= 0.6 is 0 Å². The molecule has 1 N–H and O–H groups in total. The lowest BCUT2D eigenvalue weighted by molar-refractivity contribution is -0.384. The normalized spacial score (nSPS) is 19.5. The third-order valence-electron chi connectivity index (χ3n) is 4.05. The molecule has 0 bridgehead atoms. The largest absolute Gasteiger partial charge is 0.323 e. The molecule has 1 aliphatic heterocycles. The first kappa shape index (κ1) is 14.6. The summed E-state index contributed by atoms with van der Waals surface area (Å²) < 4.78 is 0. The van der Waals surface area contributed by atoms with Crippen LogP contribution in [0, 0.1) is 22.5 Å².